The summed E-state index contributed by atoms with van der Waals surface area (Å²) >= 11 is 12.0. The second kappa shape index (κ2) is 9.01. The number of halogens is 3. The second-order valence-corrected chi connectivity index (χ2v) is 6.68. The molecule has 0 spiro atoms. The summed E-state index contributed by atoms with van der Waals surface area (Å²) in [5, 5.41) is 3.66. The molecule has 2 aromatic carbocycles. The predicted octanol–water partition coefficient (Wildman–Crippen LogP) is 4.48. The Morgan fingerprint density at radius 1 is 1.15 bits per heavy atom. The van der Waals surface area contributed by atoms with E-state index >= 15 is 0 Å². The highest BCUT2D eigenvalue weighted by Gasteiger charge is 2.21. The molecular formula is C19H18Cl2FNO3. The molecule has 2 aromatic rings. The number of carbonyl (C=O) groups excluding carboxylic acids is 2. The number of amides is 1. The van der Waals surface area contributed by atoms with Gasteiger partial charge in [-0.25, -0.2) is 4.39 Å². The van der Waals surface area contributed by atoms with Gasteiger partial charge in [0.1, 0.15) is 5.82 Å². The highest BCUT2D eigenvalue weighted by Crippen LogP contribution is 2.26. The van der Waals surface area contributed by atoms with Crippen LogP contribution in [0, 0.1) is 5.82 Å². The normalized spacial score (nSPS) is 13.0. The van der Waals surface area contributed by atoms with Crippen molar-refractivity contribution in [3.63, 3.8) is 0 Å². The van der Waals surface area contributed by atoms with Crippen LogP contribution in [0.3, 0.4) is 0 Å². The van der Waals surface area contributed by atoms with Crippen molar-refractivity contribution in [3.8, 4) is 0 Å². The lowest BCUT2D eigenvalue weighted by molar-refractivity contribution is -0.154. The van der Waals surface area contributed by atoms with E-state index in [1.807, 2.05) is 0 Å². The van der Waals surface area contributed by atoms with Crippen molar-refractivity contribution in [3.05, 3.63) is 69.5 Å². The summed E-state index contributed by atoms with van der Waals surface area (Å²) < 4.78 is 18.2. The maximum Gasteiger partial charge on any atom is 0.311 e. The average Bonchev–Trinajstić information content (AvgIpc) is 2.54. The third-order valence-electron chi connectivity index (χ3n) is 3.70. The monoisotopic (exact) mass is 397 g/mol. The van der Waals surface area contributed by atoms with Gasteiger partial charge in [-0.15, -0.1) is 0 Å². The van der Waals surface area contributed by atoms with Gasteiger partial charge in [-0.3, -0.25) is 9.59 Å². The van der Waals surface area contributed by atoms with Crippen LogP contribution >= 0.6 is 23.2 Å². The second-order valence-electron chi connectivity index (χ2n) is 5.83. The number of hydrogen-bond acceptors (Lipinski definition) is 3. The standard InChI is InChI=1S/C19H18Cl2FNO3/c1-11(16-7-6-14(20)10-17(16)21)23-19(25)12(2)26-18(24)9-13-4-3-5-15(22)8-13/h3-8,10-12H,9H2,1-2H3,(H,23,25)/t11-,12+/m0/s1. The summed E-state index contributed by atoms with van der Waals surface area (Å²) in [6.45, 7) is 3.23. The lowest BCUT2D eigenvalue weighted by atomic mass is 10.1. The summed E-state index contributed by atoms with van der Waals surface area (Å²) in [6.07, 6.45) is -1.11. The molecule has 0 bridgehead atoms. The first-order valence-corrected chi connectivity index (χ1v) is 8.71. The molecular weight excluding hydrogens is 380 g/mol. The minimum Gasteiger partial charge on any atom is -0.452 e. The van der Waals surface area contributed by atoms with Crippen molar-refractivity contribution in [2.24, 2.45) is 0 Å². The fourth-order valence-corrected chi connectivity index (χ4v) is 2.94. The van der Waals surface area contributed by atoms with Crippen molar-refractivity contribution in [1.82, 2.24) is 5.32 Å². The van der Waals surface area contributed by atoms with E-state index in [9.17, 15) is 14.0 Å². The van der Waals surface area contributed by atoms with Crippen LogP contribution in [0.15, 0.2) is 42.5 Å². The Morgan fingerprint density at radius 3 is 2.54 bits per heavy atom. The third kappa shape index (κ3) is 5.71. The van der Waals surface area contributed by atoms with E-state index < -0.39 is 29.8 Å². The van der Waals surface area contributed by atoms with Gasteiger partial charge in [0.15, 0.2) is 6.10 Å². The van der Waals surface area contributed by atoms with Gasteiger partial charge in [0.05, 0.1) is 12.5 Å². The molecule has 26 heavy (non-hydrogen) atoms. The highest BCUT2D eigenvalue weighted by atomic mass is 35.5. The van der Waals surface area contributed by atoms with E-state index in [-0.39, 0.29) is 6.42 Å². The van der Waals surface area contributed by atoms with Crippen LogP contribution in [-0.2, 0) is 20.7 Å². The molecule has 0 aromatic heterocycles. The highest BCUT2D eigenvalue weighted by molar-refractivity contribution is 6.35. The molecule has 7 heteroatoms. The van der Waals surface area contributed by atoms with Gasteiger partial charge in [0.25, 0.3) is 5.91 Å². The van der Waals surface area contributed by atoms with Crippen LogP contribution in [0.25, 0.3) is 0 Å². The Hall–Kier alpha value is -2.11. The molecule has 0 heterocycles. The van der Waals surface area contributed by atoms with E-state index in [1.54, 1.807) is 31.2 Å². The Balaban J connectivity index is 1.91. The number of ether oxygens (including phenoxy) is 1. The number of rotatable bonds is 6. The molecule has 4 nitrogen and oxygen atoms in total. The Morgan fingerprint density at radius 2 is 1.88 bits per heavy atom. The number of benzene rings is 2. The average molecular weight is 398 g/mol. The largest absolute Gasteiger partial charge is 0.452 e. The summed E-state index contributed by atoms with van der Waals surface area (Å²) in [6, 6.07) is 10.2. The lowest BCUT2D eigenvalue weighted by Crippen LogP contribution is -2.37. The van der Waals surface area contributed by atoms with Crippen molar-refractivity contribution in [2.75, 3.05) is 0 Å². The SMILES string of the molecule is C[C@H](NC(=O)[C@@H](C)OC(=O)Cc1cccc(F)c1)c1ccc(Cl)cc1Cl. The minimum atomic E-state index is -0.996. The molecule has 2 atom stereocenters. The summed E-state index contributed by atoms with van der Waals surface area (Å²) in [7, 11) is 0. The van der Waals surface area contributed by atoms with Crippen molar-refractivity contribution in [1.29, 1.82) is 0 Å². The van der Waals surface area contributed by atoms with Crippen LogP contribution in [0.1, 0.15) is 31.0 Å². The molecule has 0 unspecified atom stereocenters. The van der Waals surface area contributed by atoms with E-state index in [0.29, 0.717) is 21.2 Å². The fraction of sp³-hybridized carbons (Fsp3) is 0.263. The number of hydrogen-bond donors (Lipinski definition) is 1. The van der Waals surface area contributed by atoms with Gasteiger partial charge in [-0.05, 0) is 49.2 Å². The zero-order chi connectivity index (χ0) is 19.3. The number of carbonyl (C=O) groups is 2. The van der Waals surface area contributed by atoms with Gasteiger partial charge in [-0.1, -0.05) is 41.4 Å². The summed E-state index contributed by atoms with van der Waals surface area (Å²) in [5.41, 5.74) is 1.17. The van der Waals surface area contributed by atoms with Crippen LogP contribution < -0.4 is 5.32 Å². The molecule has 0 aliphatic rings. The number of nitrogens with one attached hydrogen (secondary N) is 1. The first-order chi connectivity index (χ1) is 12.3. The lowest BCUT2D eigenvalue weighted by Gasteiger charge is -2.19. The zero-order valence-electron chi connectivity index (χ0n) is 14.3. The van der Waals surface area contributed by atoms with E-state index in [1.165, 1.54) is 25.1 Å². The quantitative estimate of drug-likeness (QED) is 0.730. The van der Waals surface area contributed by atoms with E-state index in [0.717, 1.165) is 0 Å². The predicted molar refractivity (Wildman–Crippen MR) is 98.7 cm³/mol. The van der Waals surface area contributed by atoms with Crippen LogP contribution in [0.4, 0.5) is 4.39 Å². The Kier molecular flexibility index (Phi) is 7.00. The molecule has 0 saturated carbocycles. The topological polar surface area (TPSA) is 55.4 Å². The Labute approximate surface area is 161 Å². The van der Waals surface area contributed by atoms with Crippen LogP contribution in [0.5, 0.6) is 0 Å². The third-order valence-corrected chi connectivity index (χ3v) is 4.27. The van der Waals surface area contributed by atoms with Gasteiger partial charge < -0.3 is 10.1 Å². The maximum atomic E-state index is 13.1. The van der Waals surface area contributed by atoms with Crippen molar-refractivity contribution < 1.29 is 18.7 Å². The molecule has 0 aliphatic heterocycles. The maximum absolute atomic E-state index is 13.1. The zero-order valence-corrected chi connectivity index (χ0v) is 15.8. The first kappa shape index (κ1) is 20.2. The molecule has 138 valence electrons. The Bertz CT molecular complexity index is 813. The molecule has 1 amide bonds. The van der Waals surface area contributed by atoms with Crippen molar-refractivity contribution >= 4 is 35.1 Å². The van der Waals surface area contributed by atoms with Gasteiger partial charge >= 0.3 is 5.97 Å². The van der Waals surface area contributed by atoms with Crippen molar-refractivity contribution in [2.45, 2.75) is 32.4 Å². The molecule has 1 N–H and O–H groups in total. The van der Waals surface area contributed by atoms with Crippen LogP contribution in [0.2, 0.25) is 10.0 Å². The molecule has 2 rings (SSSR count). The summed E-state index contributed by atoms with van der Waals surface area (Å²) in [4.78, 5) is 24.2. The van der Waals surface area contributed by atoms with E-state index in [4.69, 9.17) is 27.9 Å². The van der Waals surface area contributed by atoms with Gasteiger partial charge in [0.2, 0.25) is 0 Å². The smallest absolute Gasteiger partial charge is 0.311 e. The minimum absolute atomic E-state index is 0.117. The summed E-state index contributed by atoms with van der Waals surface area (Å²) in [5.74, 6) is -1.51. The number of esters is 1. The molecule has 0 aliphatic carbocycles. The van der Waals surface area contributed by atoms with Gasteiger partial charge in [-0.2, -0.15) is 0 Å². The van der Waals surface area contributed by atoms with E-state index in [2.05, 4.69) is 5.32 Å². The first-order valence-electron chi connectivity index (χ1n) is 7.95. The van der Waals surface area contributed by atoms with Crippen LogP contribution in [-0.4, -0.2) is 18.0 Å². The molecule has 0 fully saturated rings. The molecule has 0 radical (unpaired) electrons. The van der Waals surface area contributed by atoms with Gasteiger partial charge in [0, 0.05) is 10.0 Å². The molecule has 0 saturated heterocycles. The fourth-order valence-electron chi connectivity index (χ4n) is 2.37.